The van der Waals surface area contributed by atoms with Gasteiger partial charge in [0, 0.05) is 52.7 Å². The van der Waals surface area contributed by atoms with Gasteiger partial charge in [-0.05, 0) is 38.0 Å². The van der Waals surface area contributed by atoms with Crippen LogP contribution in [0.5, 0.6) is 5.75 Å². The van der Waals surface area contributed by atoms with Crippen LogP contribution in [0, 0.1) is 11.3 Å². The van der Waals surface area contributed by atoms with Crippen LogP contribution in [-0.2, 0) is 9.73 Å². The van der Waals surface area contributed by atoms with E-state index in [-0.39, 0.29) is 6.04 Å². The van der Waals surface area contributed by atoms with Crippen LogP contribution in [-0.4, -0.2) is 57.1 Å². The second-order valence-corrected chi connectivity index (χ2v) is 10.5. The number of aromatic nitrogens is 3. The number of pyridine rings is 2. The van der Waals surface area contributed by atoms with Gasteiger partial charge in [-0.15, -0.1) is 0 Å². The zero-order chi connectivity index (χ0) is 22.0. The maximum atomic E-state index is 11.9. The van der Waals surface area contributed by atoms with Crippen molar-refractivity contribution in [3.63, 3.8) is 0 Å². The molecule has 4 rings (SSSR count). The van der Waals surface area contributed by atoms with E-state index in [1.807, 2.05) is 31.3 Å². The molecule has 4 heterocycles. The van der Waals surface area contributed by atoms with E-state index in [9.17, 15) is 9.47 Å². The number of nitrogens with zero attached hydrogens (tertiary/aromatic N) is 6. The number of hydrogen-bond donors (Lipinski definition) is 0. The maximum Gasteiger partial charge on any atom is 0.138 e. The third-order valence-electron chi connectivity index (χ3n) is 5.27. The zero-order valence-electron chi connectivity index (χ0n) is 18.0. The first kappa shape index (κ1) is 21.1. The van der Waals surface area contributed by atoms with Crippen molar-refractivity contribution in [3.8, 4) is 22.9 Å². The molecule has 0 atom stereocenters. The first-order valence-corrected chi connectivity index (χ1v) is 12.6. The molecule has 1 saturated heterocycles. The van der Waals surface area contributed by atoms with Crippen molar-refractivity contribution < 1.29 is 8.95 Å². The van der Waals surface area contributed by atoms with Gasteiger partial charge in [0.05, 0.1) is 36.1 Å². The van der Waals surface area contributed by atoms with Crippen LogP contribution in [0.15, 0.2) is 41.2 Å². The fourth-order valence-corrected chi connectivity index (χ4v) is 4.87. The fourth-order valence-electron chi connectivity index (χ4n) is 3.94. The van der Waals surface area contributed by atoms with Crippen LogP contribution in [0.2, 0.25) is 0 Å². The van der Waals surface area contributed by atoms with Crippen molar-refractivity contribution in [2.45, 2.75) is 25.8 Å². The van der Waals surface area contributed by atoms with Gasteiger partial charge in [-0.2, -0.15) is 10.4 Å². The van der Waals surface area contributed by atoms with Crippen LogP contribution < -0.4 is 9.64 Å². The summed E-state index contributed by atoms with van der Waals surface area (Å²) in [5, 5.41) is 13.8. The van der Waals surface area contributed by atoms with Crippen LogP contribution in [0.3, 0.4) is 0 Å². The Morgan fingerprint density at radius 1 is 1.29 bits per heavy atom. The van der Waals surface area contributed by atoms with Crippen LogP contribution >= 0.6 is 0 Å². The molecular weight excluding hydrogens is 412 g/mol. The van der Waals surface area contributed by atoms with E-state index in [2.05, 4.69) is 25.4 Å². The molecule has 3 aromatic heterocycles. The van der Waals surface area contributed by atoms with Gasteiger partial charge < -0.3 is 9.64 Å². The van der Waals surface area contributed by atoms with E-state index in [1.54, 1.807) is 29.4 Å². The molecule has 0 unspecified atom stereocenters. The van der Waals surface area contributed by atoms with E-state index in [0.29, 0.717) is 17.9 Å². The first-order valence-electron chi connectivity index (χ1n) is 10.3. The standard InChI is InChI=1S/C22H26N6O2S/c1-4-30-19-11-20(22-17(12-23)14-25-28(22)15-19)16-5-6-21(24-13-16)27-9-7-18(8-10-27)26-31(2,3)29/h5-6,11,13-15,18H,4,7-10H2,1-3H3. The fraction of sp³-hybridized carbons (Fsp3) is 0.409. The minimum Gasteiger partial charge on any atom is -0.492 e. The van der Waals surface area contributed by atoms with Gasteiger partial charge in [-0.25, -0.2) is 13.9 Å². The summed E-state index contributed by atoms with van der Waals surface area (Å²) >= 11 is 0. The number of fused-ring (bicyclic) bond motifs is 1. The van der Waals surface area contributed by atoms with Crippen molar-refractivity contribution >= 4 is 21.1 Å². The molecule has 0 aliphatic carbocycles. The molecule has 1 aliphatic rings. The molecule has 162 valence electrons. The summed E-state index contributed by atoms with van der Waals surface area (Å²) in [6.45, 7) is 4.14. The largest absolute Gasteiger partial charge is 0.492 e. The molecule has 0 radical (unpaired) electrons. The zero-order valence-corrected chi connectivity index (χ0v) is 18.8. The quantitative estimate of drug-likeness (QED) is 0.606. The molecule has 0 amide bonds. The highest BCUT2D eigenvalue weighted by Gasteiger charge is 2.21. The molecule has 0 spiro atoms. The lowest BCUT2D eigenvalue weighted by molar-refractivity contribution is 0.338. The van der Waals surface area contributed by atoms with E-state index in [0.717, 1.165) is 48.4 Å². The average Bonchev–Trinajstić information content (AvgIpc) is 3.16. The first-order chi connectivity index (χ1) is 14.9. The summed E-state index contributed by atoms with van der Waals surface area (Å²) < 4.78 is 23.7. The highest BCUT2D eigenvalue weighted by molar-refractivity contribution is 7.92. The van der Waals surface area contributed by atoms with Gasteiger partial charge in [-0.3, -0.25) is 4.21 Å². The minimum atomic E-state index is -2.07. The molecule has 8 nitrogen and oxygen atoms in total. The van der Waals surface area contributed by atoms with Crippen LogP contribution in [0.25, 0.3) is 16.6 Å². The second kappa shape index (κ2) is 8.55. The Bertz CT molecular complexity index is 1240. The van der Waals surface area contributed by atoms with Gasteiger partial charge in [0.1, 0.15) is 17.6 Å². The third kappa shape index (κ3) is 4.64. The average molecular weight is 439 g/mol. The Morgan fingerprint density at radius 2 is 2.06 bits per heavy atom. The number of anilines is 1. The summed E-state index contributed by atoms with van der Waals surface area (Å²) in [7, 11) is -2.07. The van der Waals surface area contributed by atoms with Crippen molar-refractivity contribution in [2.75, 3.05) is 37.1 Å². The normalized spacial score (nSPS) is 15.1. The van der Waals surface area contributed by atoms with Crippen molar-refractivity contribution in [1.29, 1.82) is 5.26 Å². The number of hydrogen-bond acceptors (Lipinski definition) is 7. The van der Waals surface area contributed by atoms with Gasteiger partial charge in [0.25, 0.3) is 0 Å². The van der Waals surface area contributed by atoms with Crippen LogP contribution in [0.4, 0.5) is 5.82 Å². The van der Waals surface area contributed by atoms with Crippen LogP contribution in [0.1, 0.15) is 25.3 Å². The molecule has 3 aromatic rings. The highest BCUT2D eigenvalue weighted by atomic mass is 32.2. The van der Waals surface area contributed by atoms with E-state index in [4.69, 9.17) is 4.74 Å². The lowest BCUT2D eigenvalue weighted by atomic mass is 10.0. The Hall–Kier alpha value is -3.12. The molecule has 0 aromatic carbocycles. The lowest BCUT2D eigenvalue weighted by Gasteiger charge is -2.31. The SMILES string of the molecule is CCOc1cc(-c2ccc(N3CCC(N=S(C)(C)=O)CC3)nc2)c2c(C#N)cnn2c1. The van der Waals surface area contributed by atoms with Gasteiger partial charge in [0.2, 0.25) is 0 Å². The number of ether oxygens (including phenoxy) is 1. The maximum absolute atomic E-state index is 11.9. The van der Waals surface area contributed by atoms with E-state index < -0.39 is 9.73 Å². The molecule has 9 heteroatoms. The smallest absolute Gasteiger partial charge is 0.138 e. The molecule has 0 bridgehead atoms. The number of nitriles is 1. The molecule has 31 heavy (non-hydrogen) atoms. The molecular formula is C22H26N6O2S. The number of piperidine rings is 1. The summed E-state index contributed by atoms with van der Waals surface area (Å²) in [6.07, 6.45) is 10.3. The van der Waals surface area contributed by atoms with Crippen molar-refractivity contribution in [1.82, 2.24) is 14.6 Å². The van der Waals surface area contributed by atoms with E-state index >= 15 is 0 Å². The monoisotopic (exact) mass is 438 g/mol. The van der Waals surface area contributed by atoms with Crippen molar-refractivity contribution in [2.24, 2.45) is 4.36 Å². The Morgan fingerprint density at radius 3 is 2.68 bits per heavy atom. The Labute approximate surface area is 182 Å². The summed E-state index contributed by atoms with van der Waals surface area (Å²) in [6, 6.07) is 8.31. The summed E-state index contributed by atoms with van der Waals surface area (Å²) in [5.74, 6) is 1.60. The Kier molecular flexibility index (Phi) is 5.83. The minimum absolute atomic E-state index is 0.152. The summed E-state index contributed by atoms with van der Waals surface area (Å²) in [4.78, 5) is 6.92. The van der Waals surface area contributed by atoms with Gasteiger partial charge in [0.15, 0.2) is 0 Å². The molecule has 0 N–H and O–H groups in total. The van der Waals surface area contributed by atoms with Gasteiger partial charge >= 0.3 is 0 Å². The van der Waals surface area contributed by atoms with Gasteiger partial charge in [-0.1, -0.05) is 0 Å². The third-order valence-corrected chi connectivity index (χ3v) is 6.07. The van der Waals surface area contributed by atoms with Crippen molar-refractivity contribution in [3.05, 3.63) is 42.4 Å². The topological polar surface area (TPSA) is 95.9 Å². The lowest BCUT2D eigenvalue weighted by Crippen LogP contribution is -2.36. The molecule has 1 fully saturated rings. The van der Waals surface area contributed by atoms with E-state index in [1.165, 1.54) is 0 Å². The summed E-state index contributed by atoms with van der Waals surface area (Å²) in [5.41, 5.74) is 3.01. The predicted molar refractivity (Wildman–Crippen MR) is 122 cm³/mol. The number of rotatable bonds is 5. The molecule has 0 saturated carbocycles. The molecule has 1 aliphatic heterocycles. The predicted octanol–water partition coefficient (Wildman–Crippen LogP) is 3.36. The second-order valence-electron chi connectivity index (χ2n) is 7.90. The Balaban J connectivity index is 1.60. The highest BCUT2D eigenvalue weighted by Crippen LogP contribution is 2.31.